The molecule has 0 aromatic heterocycles. The minimum atomic E-state index is -3.67. The molecule has 2 aliphatic heterocycles. The van der Waals surface area contributed by atoms with Gasteiger partial charge in [0.2, 0.25) is 5.91 Å². The Hall–Kier alpha value is -2.75. The Morgan fingerprint density at radius 2 is 1.79 bits per heavy atom. The van der Waals surface area contributed by atoms with Crippen LogP contribution in [0.5, 0.6) is 0 Å². The maximum absolute atomic E-state index is 13.4. The lowest BCUT2D eigenvalue weighted by molar-refractivity contribution is -0.123. The van der Waals surface area contributed by atoms with Gasteiger partial charge in [0.15, 0.2) is 0 Å². The molecule has 8 nitrogen and oxygen atoms in total. The standard InChI is InChI=1S/C25H32N4O4S/c1-3-18(2)23(27-24-20-11-7-8-12-22(20)34(31,32)28-24)25(30)26-17-21(19-9-5-4-6-10-19)29-13-15-33-16-14-29/h4-12,18,21,23H,3,13-17H2,1-2H3,(H,26,30)(H,27,28)/t18-,21?,23-/m0/s1. The number of ether oxygens (including phenoxy) is 1. The number of morpholine rings is 1. The van der Waals surface area contributed by atoms with Crippen LogP contribution in [-0.2, 0) is 19.6 Å². The number of sulfonamides is 1. The number of amidine groups is 1. The molecule has 2 aliphatic rings. The van der Waals surface area contributed by atoms with E-state index in [1.807, 2.05) is 32.0 Å². The summed E-state index contributed by atoms with van der Waals surface area (Å²) in [6.07, 6.45) is 0.731. The van der Waals surface area contributed by atoms with Crippen LogP contribution in [0.2, 0.25) is 0 Å². The third-order valence-electron chi connectivity index (χ3n) is 6.52. The molecular weight excluding hydrogens is 452 g/mol. The summed E-state index contributed by atoms with van der Waals surface area (Å²) in [6, 6.07) is 16.1. The Balaban J connectivity index is 1.56. The lowest BCUT2D eigenvalue weighted by atomic mass is 9.98. The van der Waals surface area contributed by atoms with Crippen molar-refractivity contribution in [3.05, 3.63) is 65.7 Å². The summed E-state index contributed by atoms with van der Waals surface area (Å²) in [5, 5.41) is 3.11. The lowest BCUT2D eigenvalue weighted by Gasteiger charge is -2.35. The molecule has 4 rings (SSSR count). The minimum Gasteiger partial charge on any atom is -0.379 e. The molecule has 1 amide bonds. The monoisotopic (exact) mass is 484 g/mol. The molecule has 2 heterocycles. The maximum atomic E-state index is 13.4. The molecule has 0 bridgehead atoms. The zero-order valence-corrected chi connectivity index (χ0v) is 20.4. The highest BCUT2D eigenvalue weighted by molar-refractivity contribution is 7.90. The van der Waals surface area contributed by atoms with Crippen molar-refractivity contribution in [1.82, 2.24) is 14.9 Å². The quantitative estimate of drug-likeness (QED) is 0.599. The molecular formula is C25H32N4O4S. The van der Waals surface area contributed by atoms with E-state index in [-0.39, 0.29) is 28.6 Å². The van der Waals surface area contributed by atoms with Crippen LogP contribution >= 0.6 is 0 Å². The molecule has 1 unspecified atom stereocenters. The number of carbonyl (C=O) groups excluding carboxylic acids is 1. The van der Waals surface area contributed by atoms with E-state index in [1.165, 1.54) is 0 Å². The second kappa shape index (κ2) is 10.7. The third kappa shape index (κ3) is 5.32. The lowest BCUT2D eigenvalue weighted by Crippen LogP contribution is -2.46. The predicted octanol–water partition coefficient (Wildman–Crippen LogP) is 2.33. The van der Waals surface area contributed by atoms with Gasteiger partial charge in [-0.2, -0.15) is 0 Å². The fourth-order valence-electron chi connectivity index (χ4n) is 4.36. The van der Waals surface area contributed by atoms with E-state index in [9.17, 15) is 13.2 Å². The number of amides is 1. The number of fused-ring (bicyclic) bond motifs is 1. The summed E-state index contributed by atoms with van der Waals surface area (Å²) < 4.78 is 33.0. The average Bonchev–Trinajstić information content (AvgIpc) is 3.13. The average molecular weight is 485 g/mol. The van der Waals surface area contributed by atoms with Gasteiger partial charge in [-0.15, -0.1) is 0 Å². The number of carbonyl (C=O) groups is 1. The topological polar surface area (TPSA) is 100 Å². The summed E-state index contributed by atoms with van der Waals surface area (Å²) in [6.45, 7) is 7.32. The van der Waals surface area contributed by atoms with Gasteiger partial charge in [0.25, 0.3) is 10.0 Å². The van der Waals surface area contributed by atoms with Gasteiger partial charge in [-0.1, -0.05) is 62.7 Å². The summed E-state index contributed by atoms with van der Waals surface area (Å²) in [7, 11) is -3.67. The smallest absolute Gasteiger partial charge is 0.263 e. The Kier molecular flexibility index (Phi) is 7.65. The summed E-state index contributed by atoms with van der Waals surface area (Å²) in [4.78, 5) is 20.5. The predicted molar refractivity (Wildman–Crippen MR) is 131 cm³/mol. The van der Waals surface area contributed by atoms with Crippen LogP contribution in [0.1, 0.15) is 37.4 Å². The van der Waals surface area contributed by atoms with Crippen LogP contribution in [0.15, 0.2) is 64.5 Å². The number of benzene rings is 2. The molecule has 1 saturated heterocycles. The summed E-state index contributed by atoms with van der Waals surface area (Å²) >= 11 is 0. The normalized spacial score (nSPS) is 21.3. The molecule has 2 N–H and O–H groups in total. The molecule has 34 heavy (non-hydrogen) atoms. The minimum absolute atomic E-state index is 0.0185. The highest BCUT2D eigenvalue weighted by Gasteiger charge is 2.33. The molecule has 0 saturated carbocycles. The zero-order valence-electron chi connectivity index (χ0n) is 19.6. The number of aliphatic imine (C=N–C) groups is 1. The van der Waals surface area contributed by atoms with Gasteiger partial charge in [-0.3, -0.25) is 19.4 Å². The maximum Gasteiger partial charge on any atom is 0.263 e. The van der Waals surface area contributed by atoms with E-state index in [0.717, 1.165) is 25.1 Å². The second-order valence-corrected chi connectivity index (χ2v) is 10.4. The van der Waals surface area contributed by atoms with Gasteiger partial charge < -0.3 is 10.1 Å². The molecule has 9 heteroatoms. The van der Waals surface area contributed by atoms with Crippen LogP contribution in [0, 0.1) is 5.92 Å². The van der Waals surface area contributed by atoms with Crippen molar-refractivity contribution in [3.63, 3.8) is 0 Å². The van der Waals surface area contributed by atoms with Crippen molar-refractivity contribution >= 4 is 21.8 Å². The summed E-state index contributed by atoms with van der Waals surface area (Å²) in [5.41, 5.74) is 1.63. The van der Waals surface area contributed by atoms with Gasteiger partial charge in [-0.05, 0) is 23.6 Å². The zero-order chi connectivity index (χ0) is 24.1. The largest absolute Gasteiger partial charge is 0.379 e. The first-order valence-electron chi connectivity index (χ1n) is 11.7. The van der Waals surface area contributed by atoms with Crippen LogP contribution in [-0.4, -0.2) is 64.0 Å². The second-order valence-electron chi connectivity index (χ2n) is 8.73. The molecule has 2 aromatic rings. The molecule has 182 valence electrons. The Morgan fingerprint density at radius 3 is 2.50 bits per heavy atom. The molecule has 3 atom stereocenters. The SMILES string of the molecule is CC[C@H](C)[C@H](N=C1NS(=O)(=O)c2ccccc21)C(=O)NCC(c1ccccc1)N1CCOCC1. The van der Waals surface area contributed by atoms with Crippen molar-refractivity contribution in [2.24, 2.45) is 10.9 Å². The van der Waals surface area contributed by atoms with Crippen LogP contribution in [0.3, 0.4) is 0 Å². The Labute approximate surface area is 201 Å². The number of rotatable bonds is 8. The molecule has 1 fully saturated rings. The van der Waals surface area contributed by atoms with E-state index in [2.05, 4.69) is 32.1 Å². The van der Waals surface area contributed by atoms with Crippen LogP contribution < -0.4 is 10.0 Å². The molecule has 2 aromatic carbocycles. The highest BCUT2D eigenvalue weighted by atomic mass is 32.2. The van der Waals surface area contributed by atoms with Crippen LogP contribution in [0.4, 0.5) is 0 Å². The van der Waals surface area contributed by atoms with Crippen molar-refractivity contribution in [2.45, 2.75) is 37.2 Å². The number of nitrogens with one attached hydrogen (secondary N) is 2. The first kappa shape index (κ1) is 24.4. The van der Waals surface area contributed by atoms with E-state index in [0.29, 0.717) is 25.3 Å². The van der Waals surface area contributed by atoms with Gasteiger partial charge in [0.1, 0.15) is 11.9 Å². The fraction of sp³-hybridized carbons (Fsp3) is 0.440. The van der Waals surface area contributed by atoms with E-state index in [1.54, 1.807) is 24.3 Å². The van der Waals surface area contributed by atoms with Crippen molar-refractivity contribution in [2.75, 3.05) is 32.8 Å². The Bertz CT molecular complexity index is 1130. The number of hydrogen-bond acceptors (Lipinski definition) is 6. The van der Waals surface area contributed by atoms with E-state index in [4.69, 9.17) is 4.74 Å². The van der Waals surface area contributed by atoms with Crippen molar-refractivity contribution < 1.29 is 17.9 Å². The first-order valence-corrected chi connectivity index (χ1v) is 13.2. The van der Waals surface area contributed by atoms with Gasteiger partial charge in [0, 0.05) is 25.2 Å². The van der Waals surface area contributed by atoms with E-state index < -0.39 is 16.1 Å². The first-order chi connectivity index (χ1) is 16.4. The highest BCUT2D eigenvalue weighted by Crippen LogP contribution is 2.25. The van der Waals surface area contributed by atoms with Gasteiger partial charge >= 0.3 is 0 Å². The van der Waals surface area contributed by atoms with Crippen molar-refractivity contribution in [1.29, 1.82) is 0 Å². The molecule has 0 aliphatic carbocycles. The summed E-state index contributed by atoms with van der Waals surface area (Å²) in [5.74, 6) is -0.0493. The molecule has 0 spiro atoms. The Morgan fingerprint density at radius 1 is 1.12 bits per heavy atom. The third-order valence-corrected chi connectivity index (χ3v) is 7.92. The molecule has 0 radical (unpaired) electrons. The van der Waals surface area contributed by atoms with Gasteiger partial charge in [-0.25, -0.2) is 8.42 Å². The van der Waals surface area contributed by atoms with Gasteiger partial charge in [0.05, 0.1) is 24.2 Å². The fourth-order valence-corrected chi connectivity index (χ4v) is 5.60. The van der Waals surface area contributed by atoms with Crippen LogP contribution in [0.25, 0.3) is 0 Å². The van der Waals surface area contributed by atoms with Crippen molar-refractivity contribution in [3.8, 4) is 0 Å². The van der Waals surface area contributed by atoms with E-state index >= 15 is 0 Å². The number of nitrogens with zero attached hydrogens (tertiary/aromatic N) is 2. The number of hydrogen-bond donors (Lipinski definition) is 2.